The molecule has 0 bridgehead atoms. The first-order chi connectivity index (χ1) is 10.4. The summed E-state index contributed by atoms with van der Waals surface area (Å²) in [6.07, 6.45) is 5.71. The van der Waals surface area contributed by atoms with E-state index in [0.29, 0.717) is 5.56 Å². The molecule has 0 atom stereocenters. The summed E-state index contributed by atoms with van der Waals surface area (Å²) < 4.78 is 0. The number of hydrogen-bond acceptors (Lipinski definition) is 3. The van der Waals surface area contributed by atoms with Crippen LogP contribution in [0.25, 0.3) is 0 Å². The first-order valence-electron chi connectivity index (χ1n) is 7.79. The van der Waals surface area contributed by atoms with E-state index >= 15 is 0 Å². The van der Waals surface area contributed by atoms with Gasteiger partial charge in [-0.05, 0) is 58.6 Å². The molecule has 1 aromatic carbocycles. The van der Waals surface area contributed by atoms with E-state index in [9.17, 15) is 9.59 Å². The maximum absolute atomic E-state index is 12.8. The molecular formula is C18H24N2O2. The van der Waals surface area contributed by atoms with Crippen LogP contribution in [0.4, 0.5) is 0 Å². The maximum atomic E-state index is 12.8. The van der Waals surface area contributed by atoms with Gasteiger partial charge in [0.25, 0.3) is 11.8 Å². The Morgan fingerprint density at radius 1 is 1.05 bits per heavy atom. The molecule has 1 aliphatic rings. The molecule has 0 heterocycles. The Morgan fingerprint density at radius 2 is 1.73 bits per heavy atom. The van der Waals surface area contributed by atoms with Gasteiger partial charge >= 0.3 is 0 Å². The molecule has 4 nitrogen and oxygen atoms in total. The van der Waals surface area contributed by atoms with Crippen molar-refractivity contribution in [1.82, 2.24) is 10.4 Å². The molecule has 0 saturated heterocycles. The van der Waals surface area contributed by atoms with Crippen molar-refractivity contribution in [2.45, 2.75) is 52.0 Å². The van der Waals surface area contributed by atoms with E-state index < -0.39 is 0 Å². The number of benzene rings is 1. The standard InChI is InChI=1S/C18H24N2O2/c1-18(2,3)19-20(16(21)14-10-6-4-7-11-14)17(22)15-12-8-5-9-13-15/h4,6-7,10-12,19H,5,8-9,13H2,1-3H3. The van der Waals surface area contributed by atoms with Crippen LogP contribution < -0.4 is 5.43 Å². The van der Waals surface area contributed by atoms with Gasteiger partial charge in [0, 0.05) is 16.7 Å². The number of imide groups is 1. The molecule has 0 radical (unpaired) electrons. The lowest BCUT2D eigenvalue weighted by molar-refractivity contribution is -0.128. The molecule has 118 valence electrons. The molecule has 22 heavy (non-hydrogen) atoms. The molecular weight excluding hydrogens is 276 g/mol. The fourth-order valence-electron chi connectivity index (χ4n) is 2.42. The normalized spacial score (nSPS) is 15.1. The number of hydrogen-bond donors (Lipinski definition) is 1. The Balaban J connectivity index is 2.28. The summed E-state index contributed by atoms with van der Waals surface area (Å²) in [6, 6.07) is 8.90. The fraction of sp³-hybridized carbons (Fsp3) is 0.444. The van der Waals surface area contributed by atoms with E-state index in [2.05, 4.69) is 5.43 Å². The van der Waals surface area contributed by atoms with Crippen LogP contribution in [0.2, 0.25) is 0 Å². The number of rotatable bonds is 3. The first-order valence-corrected chi connectivity index (χ1v) is 7.79. The highest BCUT2D eigenvalue weighted by atomic mass is 16.2. The quantitative estimate of drug-likeness (QED) is 0.687. The summed E-state index contributed by atoms with van der Waals surface area (Å²) in [5.74, 6) is -0.546. The number of nitrogens with one attached hydrogen (secondary N) is 1. The van der Waals surface area contributed by atoms with Crippen molar-refractivity contribution < 1.29 is 9.59 Å². The second-order valence-corrected chi connectivity index (χ2v) is 6.65. The number of allylic oxidation sites excluding steroid dienone is 1. The van der Waals surface area contributed by atoms with Crippen LogP contribution in [-0.4, -0.2) is 22.4 Å². The highest BCUT2D eigenvalue weighted by molar-refractivity contribution is 6.09. The molecule has 0 spiro atoms. The molecule has 0 aromatic heterocycles. The van der Waals surface area contributed by atoms with E-state index in [-0.39, 0.29) is 17.4 Å². The van der Waals surface area contributed by atoms with Crippen LogP contribution in [0.3, 0.4) is 0 Å². The van der Waals surface area contributed by atoms with Crippen molar-refractivity contribution >= 4 is 11.8 Å². The van der Waals surface area contributed by atoms with Gasteiger partial charge in [0.2, 0.25) is 0 Å². The fourth-order valence-corrected chi connectivity index (χ4v) is 2.42. The molecule has 2 amide bonds. The summed E-state index contributed by atoms with van der Waals surface area (Å²) in [5.41, 5.74) is 3.90. The summed E-state index contributed by atoms with van der Waals surface area (Å²) in [5, 5.41) is 1.17. The van der Waals surface area contributed by atoms with Crippen LogP contribution in [0.15, 0.2) is 42.0 Å². The topological polar surface area (TPSA) is 49.4 Å². The zero-order chi connectivity index (χ0) is 16.2. The highest BCUT2D eigenvalue weighted by Crippen LogP contribution is 2.20. The minimum atomic E-state index is -0.380. The average Bonchev–Trinajstić information content (AvgIpc) is 2.52. The van der Waals surface area contributed by atoms with Gasteiger partial charge in [-0.25, -0.2) is 10.4 Å². The zero-order valence-corrected chi connectivity index (χ0v) is 13.6. The molecule has 1 aliphatic carbocycles. The van der Waals surface area contributed by atoms with Gasteiger partial charge in [0.05, 0.1) is 0 Å². The number of carbonyl (C=O) groups excluding carboxylic acids is 2. The summed E-state index contributed by atoms with van der Waals surface area (Å²) >= 11 is 0. The van der Waals surface area contributed by atoms with Gasteiger partial charge in [-0.1, -0.05) is 24.3 Å². The summed E-state index contributed by atoms with van der Waals surface area (Å²) in [4.78, 5) is 25.5. The Morgan fingerprint density at radius 3 is 2.27 bits per heavy atom. The minimum absolute atomic E-state index is 0.233. The van der Waals surface area contributed by atoms with Crippen molar-refractivity contribution in [3.63, 3.8) is 0 Å². The van der Waals surface area contributed by atoms with E-state index in [0.717, 1.165) is 31.3 Å². The predicted octanol–water partition coefficient (Wildman–Crippen LogP) is 3.46. The SMILES string of the molecule is CC(C)(C)NN(C(=O)C1=CCCCC1)C(=O)c1ccccc1. The lowest BCUT2D eigenvalue weighted by Crippen LogP contribution is -2.55. The van der Waals surface area contributed by atoms with Crippen molar-refractivity contribution in [2.24, 2.45) is 0 Å². The largest absolute Gasteiger partial charge is 0.275 e. The third-order valence-electron chi connectivity index (χ3n) is 3.44. The van der Waals surface area contributed by atoms with E-state index in [1.807, 2.05) is 32.9 Å². The highest BCUT2D eigenvalue weighted by Gasteiger charge is 2.29. The van der Waals surface area contributed by atoms with Crippen LogP contribution in [0.1, 0.15) is 56.8 Å². The van der Waals surface area contributed by atoms with E-state index in [1.54, 1.807) is 24.3 Å². The van der Waals surface area contributed by atoms with Gasteiger partial charge in [-0.3, -0.25) is 9.59 Å². The van der Waals surface area contributed by atoms with Gasteiger partial charge in [0.1, 0.15) is 0 Å². The van der Waals surface area contributed by atoms with Crippen molar-refractivity contribution in [3.05, 3.63) is 47.5 Å². The molecule has 0 aliphatic heterocycles. The van der Waals surface area contributed by atoms with Crippen molar-refractivity contribution in [3.8, 4) is 0 Å². The third-order valence-corrected chi connectivity index (χ3v) is 3.44. The monoisotopic (exact) mass is 300 g/mol. The van der Waals surface area contributed by atoms with Crippen LogP contribution in [0, 0.1) is 0 Å². The lowest BCUT2D eigenvalue weighted by Gasteiger charge is -2.31. The van der Waals surface area contributed by atoms with Gasteiger partial charge < -0.3 is 0 Å². The first kappa shape index (κ1) is 16.4. The van der Waals surface area contributed by atoms with E-state index in [4.69, 9.17) is 0 Å². The third kappa shape index (κ3) is 4.28. The molecule has 0 fully saturated rings. The van der Waals surface area contributed by atoms with Gasteiger partial charge in [-0.15, -0.1) is 0 Å². The number of amides is 2. The van der Waals surface area contributed by atoms with Crippen LogP contribution in [0.5, 0.6) is 0 Å². The molecule has 1 N–H and O–H groups in total. The Kier molecular flexibility index (Phi) is 5.14. The van der Waals surface area contributed by atoms with Crippen LogP contribution >= 0.6 is 0 Å². The molecule has 4 heteroatoms. The number of nitrogens with zero attached hydrogens (tertiary/aromatic N) is 1. The van der Waals surface area contributed by atoms with Gasteiger partial charge in [0.15, 0.2) is 0 Å². The lowest BCUT2D eigenvalue weighted by atomic mass is 9.98. The van der Waals surface area contributed by atoms with Gasteiger partial charge in [-0.2, -0.15) is 0 Å². The predicted molar refractivity (Wildman–Crippen MR) is 87.1 cm³/mol. The Bertz CT molecular complexity index is 570. The smallest absolute Gasteiger partial charge is 0.267 e. The maximum Gasteiger partial charge on any atom is 0.275 e. The second-order valence-electron chi connectivity index (χ2n) is 6.65. The zero-order valence-electron chi connectivity index (χ0n) is 13.6. The minimum Gasteiger partial charge on any atom is -0.267 e. The van der Waals surface area contributed by atoms with Crippen LogP contribution in [-0.2, 0) is 4.79 Å². The Hall–Kier alpha value is -1.94. The molecule has 0 unspecified atom stereocenters. The summed E-state index contributed by atoms with van der Waals surface area (Å²) in [7, 11) is 0. The van der Waals surface area contributed by atoms with Crippen molar-refractivity contribution in [1.29, 1.82) is 0 Å². The van der Waals surface area contributed by atoms with Crippen molar-refractivity contribution in [2.75, 3.05) is 0 Å². The second kappa shape index (κ2) is 6.88. The average molecular weight is 300 g/mol. The van der Waals surface area contributed by atoms with E-state index in [1.165, 1.54) is 5.01 Å². The molecule has 0 saturated carbocycles. The summed E-state index contributed by atoms with van der Waals surface area (Å²) in [6.45, 7) is 5.79. The Labute approximate surface area is 132 Å². The number of hydrazine groups is 1. The molecule has 1 aromatic rings. The number of carbonyl (C=O) groups is 2. The molecule has 2 rings (SSSR count).